The van der Waals surface area contributed by atoms with Crippen LogP contribution in [0.1, 0.15) is 40.0 Å². The summed E-state index contributed by atoms with van der Waals surface area (Å²) < 4.78 is 0. The van der Waals surface area contributed by atoms with E-state index in [1.165, 1.54) is 12.8 Å². The molecule has 2 fully saturated rings. The molecule has 2 aliphatic carbocycles. The van der Waals surface area contributed by atoms with Gasteiger partial charge in [-0.1, -0.05) is 20.8 Å². The first kappa shape index (κ1) is 11.5. The Bertz CT molecular complexity index is 227. The van der Waals surface area contributed by atoms with Crippen molar-refractivity contribution in [2.75, 3.05) is 0 Å². The predicted octanol–water partition coefficient (Wildman–Crippen LogP) is 2.27. The molecule has 82 valence electrons. The third kappa shape index (κ3) is 1.34. The molecular formula is C11H21NO2. The molecule has 0 amide bonds. The van der Waals surface area contributed by atoms with Crippen LogP contribution in [0.5, 0.6) is 0 Å². The fourth-order valence-corrected chi connectivity index (χ4v) is 3.16. The first-order valence-corrected chi connectivity index (χ1v) is 5.18. The SMILES string of the molecule is C=NO.CC1(C)[C@@H]2CC[C@]1(C)[C@@H](O)C2. The van der Waals surface area contributed by atoms with Crippen LogP contribution >= 0.6 is 0 Å². The lowest BCUT2D eigenvalue weighted by atomic mass is 9.70. The highest BCUT2D eigenvalue weighted by Crippen LogP contribution is 2.65. The lowest BCUT2D eigenvalue weighted by molar-refractivity contribution is 0.0126. The van der Waals surface area contributed by atoms with Crippen molar-refractivity contribution in [1.82, 2.24) is 0 Å². The molecule has 0 aromatic carbocycles. The molecule has 3 nitrogen and oxygen atoms in total. The Morgan fingerprint density at radius 3 is 2.00 bits per heavy atom. The fraction of sp³-hybridized carbons (Fsp3) is 0.909. The maximum Gasteiger partial charge on any atom is 0.0601 e. The minimum atomic E-state index is -0.0313. The van der Waals surface area contributed by atoms with Crippen LogP contribution in [0.25, 0.3) is 0 Å². The van der Waals surface area contributed by atoms with Gasteiger partial charge in [0.2, 0.25) is 0 Å². The molecule has 2 saturated carbocycles. The van der Waals surface area contributed by atoms with Crippen molar-refractivity contribution in [2.24, 2.45) is 21.9 Å². The van der Waals surface area contributed by atoms with E-state index in [4.69, 9.17) is 5.21 Å². The van der Waals surface area contributed by atoms with Gasteiger partial charge in [0.05, 0.1) is 6.10 Å². The molecule has 3 atom stereocenters. The molecule has 0 saturated heterocycles. The summed E-state index contributed by atoms with van der Waals surface area (Å²) in [5.41, 5.74) is 0.601. The second-order valence-corrected chi connectivity index (χ2v) is 5.27. The van der Waals surface area contributed by atoms with Gasteiger partial charge in [-0.2, -0.15) is 0 Å². The average Bonchev–Trinajstić information content (AvgIpc) is 2.38. The molecule has 14 heavy (non-hydrogen) atoms. The highest BCUT2D eigenvalue weighted by atomic mass is 16.4. The topological polar surface area (TPSA) is 52.8 Å². The second kappa shape index (κ2) is 3.54. The first-order valence-electron chi connectivity index (χ1n) is 5.18. The molecule has 2 aliphatic rings. The predicted molar refractivity (Wildman–Crippen MR) is 56.6 cm³/mol. The summed E-state index contributed by atoms with van der Waals surface area (Å²) in [6, 6.07) is 0. The third-order valence-electron chi connectivity index (χ3n) is 4.75. The summed E-state index contributed by atoms with van der Waals surface area (Å²) in [5.74, 6) is 0.780. The van der Waals surface area contributed by atoms with Gasteiger partial charge in [-0.05, 0) is 36.0 Å². The minimum absolute atomic E-state index is 0.0313. The van der Waals surface area contributed by atoms with E-state index >= 15 is 0 Å². The van der Waals surface area contributed by atoms with Crippen LogP contribution in [-0.2, 0) is 0 Å². The first-order chi connectivity index (χ1) is 6.40. The lowest BCUT2D eigenvalue weighted by Gasteiger charge is -2.36. The Morgan fingerprint density at radius 1 is 1.36 bits per heavy atom. The Morgan fingerprint density at radius 2 is 1.86 bits per heavy atom. The van der Waals surface area contributed by atoms with Gasteiger partial charge in [-0.3, -0.25) is 0 Å². The summed E-state index contributed by atoms with van der Waals surface area (Å²) in [6.45, 7) is 9.56. The van der Waals surface area contributed by atoms with Gasteiger partial charge in [0, 0.05) is 6.72 Å². The number of hydrogen-bond donors (Lipinski definition) is 2. The highest BCUT2D eigenvalue weighted by Gasteiger charge is 2.60. The van der Waals surface area contributed by atoms with E-state index in [9.17, 15) is 5.11 Å². The van der Waals surface area contributed by atoms with E-state index in [1.54, 1.807) is 0 Å². The second-order valence-electron chi connectivity index (χ2n) is 5.27. The smallest absolute Gasteiger partial charge is 0.0601 e. The zero-order valence-electron chi connectivity index (χ0n) is 9.32. The Labute approximate surface area is 85.8 Å². The van der Waals surface area contributed by atoms with Gasteiger partial charge in [-0.25, -0.2) is 0 Å². The van der Waals surface area contributed by atoms with Gasteiger partial charge in [0.25, 0.3) is 0 Å². The van der Waals surface area contributed by atoms with Gasteiger partial charge in [-0.15, -0.1) is 5.16 Å². The molecule has 0 spiro atoms. The number of aliphatic hydroxyl groups excluding tert-OH is 1. The molecule has 0 aromatic heterocycles. The summed E-state index contributed by atoms with van der Waals surface area (Å²) in [7, 11) is 0. The molecule has 2 N–H and O–H groups in total. The van der Waals surface area contributed by atoms with E-state index < -0.39 is 0 Å². The number of nitrogens with zero attached hydrogens (tertiary/aromatic N) is 1. The quantitative estimate of drug-likeness (QED) is 0.357. The fourth-order valence-electron chi connectivity index (χ4n) is 3.16. The maximum absolute atomic E-state index is 9.81. The van der Waals surface area contributed by atoms with Crippen molar-refractivity contribution in [3.05, 3.63) is 0 Å². The Kier molecular flexibility index (Phi) is 2.91. The third-order valence-corrected chi connectivity index (χ3v) is 4.75. The van der Waals surface area contributed by atoms with Gasteiger partial charge in [0.1, 0.15) is 0 Å². The van der Waals surface area contributed by atoms with E-state index in [1.807, 2.05) is 0 Å². The van der Waals surface area contributed by atoms with Crippen molar-refractivity contribution in [2.45, 2.75) is 46.1 Å². The van der Waals surface area contributed by atoms with Crippen LogP contribution < -0.4 is 0 Å². The molecule has 0 aliphatic heterocycles. The van der Waals surface area contributed by atoms with E-state index in [0.29, 0.717) is 5.41 Å². The summed E-state index contributed by atoms with van der Waals surface area (Å²) in [4.78, 5) is 0. The van der Waals surface area contributed by atoms with Crippen molar-refractivity contribution in [3.8, 4) is 0 Å². The van der Waals surface area contributed by atoms with Crippen LogP contribution in [0.15, 0.2) is 5.16 Å². The van der Waals surface area contributed by atoms with Crippen molar-refractivity contribution >= 4 is 6.72 Å². The Balaban J connectivity index is 0.000000293. The largest absolute Gasteiger partial charge is 0.411 e. The van der Waals surface area contributed by atoms with Crippen LogP contribution in [-0.4, -0.2) is 23.1 Å². The standard InChI is InChI=1S/C10H18O.CH3NO/c1-9(2)7-4-5-10(9,3)8(11)6-7;1-2-3/h7-8,11H,4-6H2,1-3H3;3H,1H2/t7-,8+,10-;/m1./s1. The molecular weight excluding hydrogens is 178 g/mol. The van der Waals surface area contributed by atoms with Gasteiger partial charge < -0.3 is 10.3 Å². The zero-order chi connectivity index (χ0) is 11.0. The number of fused-ring (bicyclic) bond motifs is 2. The number of oxime groups is 1. The van der Waals surface area contributed by atoms with Gasteiger partial charge >= 0.3 is 0 Å². The molecule has 0 radical (unpaired) electrons. The minimum Gasteiger partial charge on any atom is -0.411 e. The highest BCUT2D eigenvalue weighted by molar-refractivity contribution is 5.20. The van der Waals surface area contributed by atoms with Crippen LogP contribution in [0.4, 0.5) is 0 Å². The van der Waals surface area contributed by atoms with E-state index in [0.717, 1.165) is 12.3 Å². The average molecular weight is 199 g/mol. The number of hydrogen-bond acceptors (Lipinski definition) is 3. The molecule has 2 rings (SSSR count). The Hall–Kier alpha value is -0.570. The van der Waals surface area contributed by atoms with E-state index in [-0.39, 0.29) is 11.5 Å². The van der Waals surface area contributed by atoms with Crippen molar-refractivity contribution < 1.29 is 10.3 Å². The zero-order valence-corrected chi connectivity index (χ0v) is 9.32. The summed E-state index contributed by atoms with van der Waals surface area (Å²) >= 11 is 0. The molecule has 3 heteroatoms. The van der Waals surface area contributed by atoms with Crippen LogP contribution in [0.3, 0.4) is 0 Å². The normalized spacial score (nSPS) is 42.9. The molecule has 0 heterocycles. The number of aliphatic hydroxyl groups is 1. The van der Waals surface area contributed by atoms with E-state index in [2.05, 4.69) is 32.6 Å². The molecule has 2 bridgehead atoms. The van der Waals surface area contributed by atoms with Crippen molar-refractivity contribution in [3.63, 3.8) is 0 Å². The van der Waals surface area contributed by atoms with Crippen molar-refractivity contribution in [1.29, 1.82) is 0 Å². The molecule has 0 aromatic rings. The number of rotatable bonds is 0. The van der Waals surface area contributed by atoms with Crippen LogP contribution in [0.2, 0.25) is 0 Å². The summed E-state index contributed by atoms with van der Waals surface area (Å²) in [6.07, 6.45) is 3.58. The lowest BCUT2D eigenvalue weighted by Crippen LogP contribution is -2.35. The maximum atomic E-state index is 9.81. The van der Waals surface area contributed by atoms with Gasteiger partial charge in [0.15, 0.2) is 0 Å². The van der Waals surface area contributed by atoms with Crippen LogP contribution in [0, 0.1) is 16.7 Å². The molecule has 0 unspecified atom stereocenters. The monoisotopic (exact) mass is 199 g/mol. The summed E-state index contributed by atoms with van der Waals surface area (Å²) in [5, 5.41) is 19.1.